The number of nitrogens with zero attached hydrogens (tertiary/aromatic N) is 2. The fraction of sp³-hybridized carbons (Fsp3) is 0.375. The number of ether oxygens (including phenoxy) is 2. The first-order valence-corrected chi connectivity index (χ1v) is 16.9. The Kier molecular flexibility index (Phi) is 12.8. The van der Waals surface area contributed by atoms with Gasteiger partial charge in [0.1, 0.15) is 24.1 Å². The van der Waals surface area contributed by atoms with Crippen molar-refractivity contribution in [3.05, 3.63) is 78.4 Å². The fourth-order valence-electron chi connectivity index (χ4n) is 4.49. The van der Waals surface area contributed by atoms with Gasteiger partial charge < -0.3 is 19.7 Å². The summed E-state index contributed by atoms with van der Waals surface area (Å²) in [5.74, 6) is 0.454. The monoisotopic (exact) mass is 627 g/mol. The zero-order valence-electron chi connectivity index (χ0n) is 25.4. The summed E-state index contributed by atoms with van der Waals surface area (Å²) in [6.45, 7) is 6.18. The lowest BCUT2D eigenvalue weighted by atomic mass is 10.1. The summed E-state index contributed by atoms with van der Waals surface area (Å²) in [5, 5.41) is 2.89. The molecule has 0 aliphatic carbocycles. The van der Waals surface area contributed by atoms with Gasteiger partial charge in [-0.15, -0.1) is 11.8 Å². The number of methoxy groups -OCH3 is 1. The van der Waals surface area contributed by atoms with E-state index in [1.807, 2.05) is 39.2 Å². The number of hydrogen-bond acceptors (Lipinski definition) is 7. The van der Waals surface area contributed by atoms with Crippen LogP contribution in [0.15, 0.2) is 82.6 Å². The van der Waals surface area contributed by atoms with Crippen LogP contribution in [0.4, 0.5) is 5.69 Å². The van der Waals surface area contributed by atoms with Crippen LogP contribution in [0.5, 0.6) is 11.5 Å². The van der Waals surface area contributed by atoms with Crippen molar-refractivity contribution in [3.63, 3.8) is 0 Å². The lowest BCUT2D eigenvalue weighted by Crippen LogP contribution is -2.52. The van der Waals surface area contributed by atoms with E-state index in [4.69, 9.17) is 9.47 Å². The largest absolute Gasteiger partial charge is 0.497 e. The van der Waals surface area contributed by atoms with Gasteiger partial charge in [-0.1, -0.05) is 26.0 Å². The number of rotatable bonds is 16. The Balaban J connectivity index is 2.05. The summed E-state index contributed by atoms with van der Waals surface area (Å²) in [4.78, 5) is 29.8. The lowest BCUT2D eigenvalue weighted by Gasteiger charge is -2.33. The molecule has 0 radical (unpaired) electrons. The van der Waals surface area contributed by atoms with Crippen LogP contribution >= 0.6 is 11.8 Å². The van der Waals surface area contributed by atoms with Crippen molar-refractivity contribution in [2.75, 3.05) is 37.4 Å². The zero-order valence-corrected chi connectivity index (χ0v) is 27.0. The fourth-order valence-corrected chi connectivity index (χ4v) is 6.31. The van der Waals surface area contributed by atoms with Gasteiger partial charge in [0, 0.05) is 18.0 Å². The van der Waals surface area contributed by atoms with Gasteiger partial charge in [-0.05, 0) is 92.2 Å². The highest BCUT2D eigenvalue weighted by atomic mass is 32.2. The average molecular weight is 628 g/mol. The molecule has 3 rings (SSSR count). The van der Waals surface area contributed by atoms with E-state index < -0.39 is 28.5 Å². The molecule has 232 valence electrons. The van der Waals surface area contributed by atoms with Gasteiger partial charge in [-0.3, -0.25) is 13.9 Å². The van der Waals surface area contributed by atoms with Gasteiger partial charge in [0.2, 0.25) is 11.8 Å². The molecule has 0 bridgehead atoms. The van der Waals surface area contributed by atoms with E-state index in [-0.39, 0.29) is 17.3 Å². The molecule has 0 saturated carbocycles. The number of amides is 2. The Morgan fingerprint density at radius 3 is 2.07 bits per heavy atom. The van der Waals surface area contributed by atoms with E-state index in [1.54, 1.807) is 55.6 Å². The van der Waals surface area contributed by atoms with E-state index >= 15 is 0 Å². The highest BCUT2D eigenvalue weighted by Crippen LogP contribution is 2.28. The number of thioether (sulfide) groups is 1. The molecule has 0 aromatic heterocycles. The van der Waals surface area contributed by atoms with Crippen molar-refractivity contribution in [2.24, 2.45) is 0 Å². The first-order chi connectivity index (χ1) is 20.7. The molecule has 0 aliphatic heterocycles. The van der Waals surface area contributed by atoms with Crippen LogP contribution in [-0.2, 0) is 26.2 Å². The Hall–Kier alpha value is -3.70. The van der Waals surface area contributed by atoms with Gasteiger partial charge in [0.15, 0.2) is 0 Å². The van der Waals surface area contributed by atoms with Gasteiger partial charge in [0.05, 0.1) is 24.3 Å². The standard InChI is InChI=1S/C32H41N3O6S2/c1-6-21-33-32(37)30(7-2)34(22-24-9-13-26(40-4)14-10-24)31(36)23-35(25-11-15-27(16-12-25)41-8-3)43(38,39)29-19-17-28(42-5)18-20-29/h9-20,30H,6-8,21-23H2,1-5H3,(H,33,37). The summed E-state index contributed by atoms with van der Waals surface area (Å²) in [5.41, 5.74) is 1.08. The maximum absolute atomic E-state index is 14.2. The SMILES string of the molecule is CCCNC(=O)C(CC)N(Cc1ccc(OC)cc1)C(=O)CN(c1ccc(OCC)cc1)S(=O)(=O)c1ccc(SC)cc1. The van der Waals surface area contributed by atoms with Crippen LogP contribution in [-0.4, -0.2) is 64.2 Å². The second kappa shape index (κ2) is 16.2. The third kappa shape index (κ3) is 8.90. The van der Waals surface area contributed by atoms with Gasteiger partial charge in [-0.25, -0.2) is 8.42 Å². The number of hydrogen-bond donors (Lipinski definition) is 1. The van der Waals surface area contributed by atoms with Crippen molar-refractivity contribution in [2.45, 2.75) is 56.0 Å². The van der Waals surface area contributed by atoms with Crippen LogP contribution in [0, 0.1) is 0 Å². The van der Waals surface area contributed by atoms with Crippen molar-refractivity contribution in [1.82, 2.24) is 10.2 Å². The van der Waals surface area contributed by atoms with E-state index in [0.717, 1.165) is 21.2 Å². The quantitative estimate of drug-likeness (QED) is 0.214. The Bertz CT molecular complexity index is 1430. The first-order valence-electron chi connectivity index (χ1n) is 14.3. The predicted molar refractivity (Wildman–Crippen MR) is 171 cm³/mol. The van der Waals surface area contributed by atoms with Crippen molar-refractivity contribution in [3.8, 4) is 11.5 Å². The maximum atomic E-state index is 14.2. The third-order valence-electron chi connectivity index (χ3n) is 6.81. The molecule has 1 atom stereocenters. The number of carbonyl (C=O) groups excluding carboxylic acids is 2. The predicted octanol–water partition coefficient (Wildman–Crippen LogP) is 5.34. The number of anilines is 1. The summed E-state index contributed by atoms with van der Waals surface area (Å²) in [6, 6.07) is 19.5. The third-order valence-corrected chi connectivity index (χ3v) is 9.34. The minimum absolute atomic E-state index is 0.0569. The molecule has 3 aromatic carbocycles. The normalized spacial score (nSPS) is 11.8. The van der Waals surface area contributed by atoms with Crippen LogP contribution in [0.3, 0.4) is 0 Å². The minimum atomic E-state index is -4.16. The van der Waals surface area contributed by atoms with Crippen molar-refractivity contribution < 1.29 is 27.5 Å². The van der Waals surface area contributed by atoms with Gasteiger partial charge in [-0.2, -0.15) is 0 Å². The second-order valence-electron chi connectivity index (χ2n) is 9.70. The molecule has 0 spiro atoms. The topological polar surface area (TPSA) is 105 Å². The van der Waals surface area contributed by atoms with Crippen LogP contribution < -0.4 is 19.1 Å². The molecular formula is C32H41N3O6S2. The zero-order chi connectivity index (χ0) is 31.4. The van der Waals surface area contributed by atoms with E-state index in [1.165, 1.54) is 28.8 Å². The second-order valence-corrected chi connectivity index (χ2v) is 12.4. The molecular weight excluding hydrogens is 587 g/mol. The molecule has 3 aromatic rings. The maximum Gasteiger partial charge on any atom is 0.264 e. The van der Waals surface area contributed by atoms with E-state index in [0.29, 0.717) is 36.8 Å². The Labute approximate surface area is 259 Å². The molecule has 9 nitrogen and oxygen atoms in total. The Morgan fingerprint density at radius 1 is 0.907 bits per heavy atom. The van der Waals surface area contributed by atoms with Crippen molar-refractivity contribution >= 4 is 39.3 Å². The molecule has 43 heavy (non-hydrogen) atoms. The van der Waals surface area contributed by atoms with Crippen LogP contribution in [0.25, 0.3) is 0 Å². The number of sulfonamides is 1. The number of benzene rings is 3. The highest BCUT2D eigenvalue weighted by molar-refractivity contribution is 7.98. The highest BCUT2D eigenvalue weighted by Gasteiger charge is 2.33. The first kappa shape index (κ1) is 33.8. The van der Waals surface area contributed by atoms with E-state index in [9.17, 15) is 18.0 Å². The molecule has 2 amide bonds. The summed E-state index contributed by atoms with van der Waals surface area (Å²) in [7, 11) is -2.59. The number of carbonyl (C=O) groups is 2. The van der Waals surface area contributed by atoms with Crippen LogP contribution in [0.2, 0.25) is 0 Å². The molecule has 0 heterocycles. The lowest BCUT2D eigenvalue weighted by molar-refractivity contribution is -0.140. The van der Waals surface area contributed by atoms with E-state index in [2.05, 4.69) is 5.32 Å². The number of nitrogens with one attached hydrogen (secondary N) is 1. The molecule has 1 N–H and O–H groups in total. The molecule has 1 unspecified atom stereocenters. The molecule has 0 fully saturated rings. The summed E-state index contributed by atoms with van der Waals surface area (Å²) >= 11 is 1.50. The van der Waals surface area contributed by atoms with Gasteiger partial charge in [0.25, 0.3) is 10.0 Å². The van der Waals surface area contributed by atoms with Gasteiger partial charge >= 0.3 is 0 Å². The molecule has 11 heteroatoms. The summed E-state index contributed by atoms with van der Waals surface area (Å²) in [6.07, 6.45) is 3.00. The molecule has 0 aliphatic rings. The van der Waals surface area contributed by atoms with Crippen molar-refractivity contribution in [1.29, 1.82) is 0 Å². The Morgan fingerprint density at radius 2 is 1.53 bits per heavy atom. The average Bonchev–Trinajstić information content (AvgIpc) is 3.03. The van der Waals surface area contributed by atoms with Crippen LogP contribution in [0.1, 0.15) is 39.2 Å². The smallest absolute Gasteiger partial charge is 0.264 e. The summed E-state index contributed by atoms with van der Waals surface area (Å²) < 4.78 is 40.0. The minimum Gasteiger partial charge on any atom is -0.497 e. The molecule has 0 saturated heterocycles.